The topological polar surface area (TPSA) is 55.1 Å². The molecule has 0 radical (unpaired) electrons. The minimum absolute atomic E-state index is 0. The molecule has 0 fully saturated rings. The molecule has 3 nitrogen and oxygen atoms in total. The van der Waals surface area contributed by atoms with Crippen LogP contribution < -0.4 is 11.1 Å². The molecule has 0 aliphatic rings. The molecule has 0 spiro atoms. The van der Waals surface area contributed by atoms with E-state index in [1.54, 1.807) is 18.2 Å². The molecule has 1 rings (SSSR count). The summed E-state index contributed by atoms with van der Waals surface area (Å²) in [5.74, 6) is -0.157. The van der Waals surface area contributed by atoms with Gasteiger partial charge in [-0.2, -0.15) is 0 Å². The Morgan fingerprint density at radius 3 is 2.58 bits per heavy atom. The van der Waals surface area contributed by atoms with Crippen LogP contribution in [0.2, 0.25) is 10.0 Å². The third kappa shape index (κ3) is 5.57. The second kappa shape index (κ2) is 8.64. The zero-order chi connectivity index (χ0) is 13.7. The Balaban J connectivity index is 0.00000324. The van der Waals surface area contributed by atoms with Crippen molar-refractivity contribution in [1.29, 1.82) is 0 Å². The number of benzene rings is 1. The van der Waals surface area contributed by atoms with E-state index in [0.717, 1.165) is 12.0 Å². The Kier molecular flexibility index (Phi) is 8.42. The largest absolute Gasteiger partial charge is 0.348 e. The average Bonchev–Trinajstić information content (AvgIpc) is 2.28. The number of nitrogens with one attached hydrogen (secondary N) is 1. The third-order valence-corrected chi connectivity index (χ3v) is 3.29. The first kappa shape index (κ1) is 18.5. The Morgan fingerprint density at radius 1 is 1.42 bits per heavy atom. The van der Waals surface area contributed by atoms with Crippen molar-refractivity contribution < 1.29 is 4.79 Å². The number of hydrogen-bond donors (Lipinski definition) is 2. The molecule has 2 unspecified atom stereocenters. The van der Waals surface area contributed by atoms with Gasteiger partial charge in [0.05, 0.1) is 12.1 Å². The van der Waals surface area contributed by atoms with E-state index in [2.05, 4.69) is 5.32 Å². The Morgan fingerprint density at radius 2 is 2.05 bits per heavy atom. The zero-order valence-corrected chi connectivity index (χ0v) is 13.3. The van der Waals surface area contributed by atoms with Crippen molar-refractivity contribution in [3.8, 4) is 0 Å². The Hall–Kier alpha value is -0.480. The van der Waals surface area contributed by atoms with Gasteiger partial charge in [-0.1, -0.05) is 42.6 Å². The van der Waals surface area contributed by atoms with Gasteiger partial charge in [-0.15, -0.1) is 12.4 Å². The van der Waals surface area contributed by atoms with E-state index in [9.17, 15) is 4.79 Å². The van der Waals surface area contributed by atoms with Gasteiger partial charge in [0.15, 0.2) is 0 Å². The lowest BCUT2D eigenvalue weighted by atomic mass is 10.1. The van der Waals surface area contributed by atoms with Crippen LogP contribution in [-0.4, -0.2) is 11.9 Å². The highest BCUT2D eigenvalue weighted by Gasteiger charge is 2.17. The molecule has 1 aromatic carbocycles. The summed E-state index contributed by atoms with van der Waals surface area (Å²) in [6.07, 6.45) is 1.55. The first-order valence-electron chi connectivity index (χ1n) is 5.96. The summed E-state index contributed by atoms with van der Waals surface area (Å²) in [4.78, 5) is 11.8. The van der Waals surface area contributed by atoms with Crippen LogP contribution in [0.4, 0.5) is 0 Å². The molecule has 0 heterocycles. The maximum atomic E-state index is 11.8. The van der Waals surface area contributed by atoms with Crippen LogP contribution in [0.1, 0.15) is 38.3 Å². The van der Waals surface area contributed by atoms with Crippen LogP contribution >= 0.6 is 35.6 Å². The molecular weight excluding hydrogens is 307 g/mol. The van der Waals surface area contributed by atoms with Gasteiger partial charge in [0.2, 0.25) is 5.91 Å². The van der Waals surface area contributed by atoms with E-state index in [1.165, 1.54) is 0 Å². The summed E-state index contributed by atoms with van der Waals surface area (Å²) in [6.45, 7) is 3.86. The van der Waals surface area contributed by atoms with Crippen LogP contribution in [0.3, 0.4) is 0 Å². The second-order valence-corrected chi connectivity index (χ2v) is 5.13. The molecule has 108 valence electrons. The van der Waals surface area contributed by atoms with Crippen molar-refractivity contribution in [2.45, 2.75) is 38.8 Å². The average molecular weight is 326 g/mol. The molecule has 0 bridgehead atoms. The van der Waals surface area contributed by atoms with E-state index in [0.29, 0.717) is 16.5 Å². The van der Waals surface area contributed by atoms with Gasteiger partial charge in [0.1, 0.15) is 0 Å². The Bertz CT molecular complexity index is 426. The van der Waals surface area contributed by atoms with Crippen LogP contribution in [0.15, 0.2) is 18.2 Å². The smallest absolute Gasteiger partial charge is 0.237 e. The quantitative estimate of drug-likeness (QED) is 0.867. The van der Waals surface area contributed by atoms with Gasteiger partial charge in [-0.05, 0) is 31.0 Å². The number of carbonyl (C=O) groups excluding carboxylic acids is 1. The SMILES string of the molecule is CCCC(N)C(=O)NC(C)c1ccc(Cl)cc1Cl.Cl. The van der Waals surface area contributed by atoms with Crippen LogP contribution in [0, 0.1) is 0 Å². The highest BCUT2D eigenvalue weighted by molar-refractivity contribution is 6.35. The van der Waals surface area contributed by atoms with Gasteiger partial charge >= 0.3 is 0 Å². The number of hydrogen-bond acceptors (Lipinski definition) is 2. The first-order valence-corrected chi connectivity index (χ1v) is 6.72. The molecule has 6 heteroatoms. The number of halogens is 3. The lowest BCUT2D eigenvalue weighted by molar-refractivity contribution is -0.123. The lowest BCUT2D eigenvalue weighted by Crippen LogP contribution is -2.41. The van der Waals surface area contributed by atoms with Crippen molar-refractivity contribution in [3.05, 3.63) is 33.8 Å². The summed E-state index contributed by atoms with van der Waals surface area (Å²) >= 11 is 11.9. The van der Waals surface area contributed by atoms with E-state index >= 15 is 0 Å². The van der Waals surface area contributed by atoms with E-state index in [1.807, 2.05) is 13.8 Å². The molecule has 0 aromatic heterocycles. The maximum Gasteiger partial charge on any atom is 0.237 e. The Labute approximate surface area is 130 Å². The van der Waals surface area contributed by atoms with Crippen LogP contribution in [0.25, 0.3) is 0 Å². The van der Waals surface area contributed by atoms with Crippen LogP contribution in [-0.2, 0) is 4.79 Å². The molecule has 0 saturated carbocycles. The van der Waals surface area contributed by atoms with Gasteiger partial charge in [-0.25, -0.2) is 0 Å². The minimum atomic E-state index is -0.469. The van der Waals surface area contributed by atoms with E-state index < -0.39 is 6.04 Å². The standard InChI is InChI=1S/C13H18Cl2N2O.ClH/c1-3-4-12(16)13(18)17-8(2)10-6-5-9(14)7-11(10)15;/h5-8,12H,3-4,16H2,1-2H3,(H,17,18);1H. The predicted molar refractivity (Wildman–Crippen MR) is 83.2 cm³/mol. The normalized spacial score (nSPS) is 13.3. The molecular formula is C13H19Cl3N2O. The fraction of sp³-hybridized carbons (Fsp3) is 0.462. The second-order valence-electron chi connectivity index (χ2n) is 4.29. The number of amides is 1. The molecule has 0 aliphatic carbocycles. The summed E-state index contributed by atoms with van der Waals surface area (Å²) in [5.41, 5.74) is 6.58. The van der Waals surface area contributed by atoms with Crippen molar-refractivity contribution in [2.24, 2.45) is 5.73 Å². The fourth-order valence-electron chi connectivity index (χ4n) is 1.69. The molecule has 1 aromatic rings. The molecule has 3 N–H and O–H groups in total. The van der Waals surface area contributed by atoms with Crippen molar-refractivity contribution in [1.82, 2.24) is 5.32 Å². The predicted octanol–water partition coefficient (Wildman–Crippen LogP) is 3.72. The van der Waals surface area contributed by atoms with E-state index in [4.69, 9.17) is 28.9 Å². The number of carbonyl (C=O) groups is 1. The van der Waals surface area contributed by atoms with Gasteiger partial charge in [0.25, 0.3) is 0 Å². The highest BCUT2D eigenvalue weighted by Crippen LogP contribution is 2.26. The van der Waals surface area contributed by atoms with Crippen molar-refractivity contribution in [3.63, 3.8) is 0 Å². The third-order valence-electron chi connectivity index (χ3n) is 2.72. The van der Waals surface area contributed by atoms with Crippen molar-refractivity contribution in [2.75, 3.05) is 0 Å². The first-order chi connectivity index (χ1) is 8.45. The summed E-state index contributed by atoms with van der Waals surface area (Å²) in [7, 11) is 0. The monoisotopic (exact) mass is 324 g/mol. The minimum Gasteiger partial charge on any atom is -0.348 e. The van der Waals surface area contributed by atoms with Gasteiger partial charge in [-0.3, -0.25) is 4.79 Å². The number of nitrogens with two attached hydrogens (primary N) is 1. The molecule has 19 heavy (non-hydrogen) atoms. The molecule has 1 amide bonds. The highest BCUT2D eigenvalue weighted by atomic mass is 35.5. The van der Waals surface area contributed by atoms with Crippen LogP contribution in [0.5, 0.6) is 0 Å². The molecule has 0 aliphatic heterocycles. The van der Waals surface area contributed by atoms with Gasteiger partial charge < -0.3 is 11.1 Å². The summed E-state index contributed by atoms with van der Waals surface area (Å²) in [5, 5.41) is 3.96. The fourth-order valence-corrected chi connectivity index (χ4v) is 2.27. The zero-order valence-electron chi connectivity index (χ0n) is 11.0. The lowest BCUT2D eigenvalue weighted by Gasteiger charge is -2.18. The maximum absolute atomic E-state index is 11.8. The van der Waals surface area contributed by atoms with Gasteiger partial charge in [0, 0.05) is 10.0 Å². The summed E-state index contributed by atoms with van der Waals surface area (Å²) in [6, 6.07) is 4.56. The van der Waals surface area contributed by atoms with E-state index in [-0.39, 0.29) is 24.4 Å². The van der Waals surface area contributed by atoms with Crippen molar-refractivity contribution >= 4 is 41.5 Å². The molecule has 0 saturated heterocycles. The molecule has 2 atom stereocenters. The summed E-state index contributed by atoms with van der Waals surface area (Å²) < 4.78 is 0. The number of rotatable bonds is 5.